The van der Waals surface area contributed by atoms with Crippen molar-refractivity contribution in [1.29, 1.82) is 0 Å². The number of hydrogen-bond donors (Lipinski definition) is 2. The molecule has 2 rings (SSSR count). The molecule has 0 spiro atoms. The van der Waals surface area contributed by atoms with Crippen molar-refractivity contribution >= 4 is 22.8 Å². The van der Waals surface area contributed by atoms with E-state index in [-0.39, 0.29) is 12.5 Å². The number of amides is 1. The Morgan fingerprint density at radius 3 is 3.07 bits per heavy atom. The molecule has 0 radical (unpaired) electrons. The summed E-state index contributed by atoms with van der Waals surface area (Å²) >= 11 is 1.69. The van der Waals surface area contributed by atoms with Gasteiger partial charge in [0, 0.05) is 17.8 Å². The maximum atomic E-state index is 11.3. The lowest BCUT2D eigenvalue weighted by molar-refractivity contribution is -0.119. The summed E-state index contributed by atoms with van der Waals surface area (Å²) in [4.78, 5) is 15.5. The average Bonchev–Trinajstić information content (AvgIpc) is 2.85. The molecule has 1 aliphatic heterocycles. The van der Waals surface area contributed by atoms with E-state index >= 15 is 0 Å². The highest BCUT2D eigenvalue weighted by atomic mass is 32.2. The molecule has 78 valence electrons. The van der Waals surface area contributed by atoms with Crippen molar-refractivity contribution in [2.75, 3.05) is 12.3 Å². The summed E-state index contributed by atoms with van der Waals surface area (Å²) in [7, 11) is 0. The van der Waals surface area contributed by atoms with Crippen LogP contribution in [0.3, 0.4) is 0 Å². The van der Waals surface area contributed by atoms with Crippen LogP contribution >= 0.6 is 11.8 Å². The predicted molar refractivity (Wildman–Crippen MR) is 58.5 cm³/mol. The summed E-state index contributed by atoms with van der Waals surface area (Å²) in [6.45, 7) is 2.37. The molecule has 1 saturated carbocycles. The fourth-order valence-corrected chi connectivity index (χ4v) is 2.17. The van der Waals surface area contributed by atoms with Crippen LogP contribution in [0.15, 0.2) is 4.99 Å². The third-order valence-corrected chi connectivity index (χ3v) is 3.34. The van der Waals surface area contributed by atoms with Crippen LogP contribution in [-0.2, 0) is 4.79 Å². The second-order valence-corrected chi connectivity index (χ2v) is 4.83. The van der Waals surface area contributed by atoms with Gasteiger partial charge in [-0.2, -0.15) is 0 Å². The number of aliphatic imine (C=N–C) groups is 1. The average molecular weight is 213 g/mol. The van der Waals surface area contributed by atoms with Crippen LogP contribution in [0.1, 0.15) is 19.8 Å². The molecule has 1 heterocycles. The Morgan fingerprint density at radius 1 is 1.71 bits per heavy atom. The second kappa shape index (κ2) is 4.21. The van der Waals surface area contributed by atoms with Gasteiger partial charge in [0.15, 0.2) is 5.17 Å². The number of carbonyl (C=O) groups is 1. The minimum atomic E-state index is 0.0435. The van der Waals surface area contributed by atoms with Gasteiger partial charge in [-0.3, -0.25) is 9.79 Å². The lowest BCUT2D eigenvalue weighted by Crippen LogP contribution is -2.29. The van der Waals surface area contributed by atoms with E-state index in [2.05, 4.69) is 22.5 Å². The Bertz CT molecular complexity index is 263. The Balaban J connectivity index is 1.71. The van der Waals surface area contributed by atoms with Crippen LogP contribution in [0, 0.1) is 0 Å². The summed E-state index contributed by atoms with van der Waals surface area (Å²) in [5, 5.41) is 7.02. The molecule has 1 atom stereocenters. The monoisotopic (exact) mass is 213 g/mol. The van der Waals surface area contributed by atoms with Crippen molar-refractivity contribution in [3.63, 3.8) is 0 Å². The molecule has 0 aromatic rings. The quantitative estimate of drug-likeness (QED) is 0.711. The highest BCUT2D eigenvalue weighted by Crippen LogP contribution is 2.18. The highest BCUT2D eigenvalue weighted by molar-refractivity contribution is 8.14. The van der Waals surface area contributed by atoms with Gasteiger partial charge in [0.05, 0.1) is 0 Å². The van der Waals surface area contributed by atoms with Crippen LogP contribution in [0.4, 0.5) is 0 Å². The first-order valence-corrected chi connectivity index (χ1v) is 5.96. The first kappa shape index (κ1) is 9.83. The van der Waals surface area contributed by atoms with Crippen molar-refractivity contribution < 1.29 is 4.79 Å². The minimum absolute atomic E-state index is 0.0435. The Labute approximate surface area is 87.9 Å². The zero-order valence-corrected chi connectivity index (χ0v) is 9.06. The largest absolute Gasteiger partial charge is 0.362 e. The van der Waals surface area contributed by atoms with Gasteiger partial charge in [0.25, 0.3) is 0 Å². The van der Waals surface area contributed by atoms with Gasteiger partial charge in [-0.25, -0.2) is 0 Å². The Hall–Kier alpha value is -0.710. The van der Waals surface area contributed by atoms with Crippen molar-refractivity contribution in [3.8, 4) is 0 Å². The molecule has 1 saturated heterocycles. The maximum Gasteiger partial charge on any atom is 0.241 e. The first-order chi connectivity index (χ1) is 6.74. The fraction of sp³-hybridized carbons (Fsp3) is 0.778. The first-order valence-electron chi connectivity index (χ1n) is 4.97. The van der Waals surface area contributed by atoms with Gasteiger partial charge < -0.3 is 10.6 Å². The predicted octanol–water partition coefficient (Wildman–Crippen LogP) is 0.346. The molecule has 0 bridgehead atoms. The smallest absolute Gasteiger partial charge is 0.241 e. The molecule has 2 N–H and O–H groups in total. The maximum absolute atomic E-state index is 11.3. The minimum Gasteiger partial charge on any atom is -0.362 e. The molecule has 1 amide bonds. The van der Waals surface area contributed by atoms with Crippen LogP contribution in [0.25, 0.3) is 0 Å². The fourth-order valence-electron chi connectivity index (χ4n) is 1.23. The van der Waals surface area contributed by atoms with Gasteiger partial charge in [-0.1, -0.05) is 11.8 Å². The van der Waals surface area contributed by atoms with E-state index < -0.39 is 0 Å². The molecule has 5 heteroatoms. The van der Waals surface area contributed by atoms with E-state index in [4.69, 9.17) is 0 Å². The molecule has 2 fully saturated rings. The van der Waals surface area contributed by atoms with Crippen LogP contribution in [0.2, 0.25) is 0 Å². The second-order valence-electron chi connectivity index (χ2n) is 3.82. The third kappa shape index (κ3) is 2.90. The molecule has 4 nitrogen and oxygen atoms in total. The number of rotatable bonds is 3. The summed E-state index contributed by atoms with van der Waals surface area (Å²) < 4.78 is 0. The van der Waals surface area contributed by atoms with Gasteiger partial charge in [0.1, 0.15) is 6.54 Å². The standard InChI is InChI=1S/C9H15N3OS/c1-6-5-14-9(11-6)10-4-8(13)12-7-2-3-7/h6-7H,2-5H2,1H3,(H,10,11)(H,12,13). The van der Waals surface area contributed by atoms with Gasteiger partial charge >= 0.3 is 0 Å². The van der Waals surface area contributed by atoms with Crippen molar-refractivity contribution in [2.45, 2.75) is 31.8 Å². The summed E-state index contributed by atoms with van der Waals surface area (Å²) in [5.41, 5.74) is 0. The van der Waals surface area contributed by atoms with E-state index in [9.17, 15) is 4.79 Å². The van der Waals surface area contributed by atoms with E-state index in [1.807, 2.05) is 0 Å². The van der Waals surface area contributed by atoms with Crippen LogP contribution in [0.5, 0.6) is 0 Å². The van der Waals surface area contributed by atoms with Gasteiger partial charge in [-0.05, 0) is 19.8 Å². The molecular formula is C9H15N3OS. The molecule has 1 aliphatic carbocycles. The van der Waals surface area contributed by atoms with Crippen molar-refractivity contribution in [3.05, 3.63) is 0 Å². The molecular weight excluding hydrogens is 198 g/mol. The van der Waals surface area contributed by atoms with E-state index in [1.165, 1.54) is 0 Å². The van der Waals surface area contributed by atoms with E-state index in [1.54, 1.807) is 11.8 Å². The lowest BCUT2D eigenvalue weighted by atomic mass is 10.4. The van der Waals surface area contributed by atoms with Crippen molar-refractivity contribution in [2.24, 2.45) is 4.99 Å². The number of amidine groups is 1. The summed E-state index contributed by atoms with van der Waals surface area (Å²) in [6, 6.07) is 0.913. The number of nitrogens with one attached hydrogen (secondary N) is 2. The molecule has 14 heavy (non-hydrogen) atoms. The normalized spacial score (nSPS) is 28.9. The topological polar surface area (TPSA) is 53.5 Å². The van der Waals surface area contributed by atoms with Crippen molar-refractivity contribution in [1.82, 2.24) is 10.6 Å². The Kier molecular flexibility index (Phi) is 2.96. The number of carbonyl (C=O) groups excluding carboxylic acids is 1. The third-order valence-electron chi connectivity index (χ3n) is 2.15. The Morgan fingerprint density at radius 2 is 2.50 bits per heavy atom. The number of hydrogen-bond acceptors (Lipinski definition) is 3. The molecule has 0 aromatic carbocycles. The van der Waals surface area contributed by atoms with E-state index in [0.717, 1.165) is 23.8 Å². The summed E-state index contributed by atoms with van der Waals surface area (Å²) in [5.74, 6) is 1.09. The molecule has 0 aromatic heterocycles. The van der Waals surface area contributed by atoms with E-state index in [0.29, 0.717) is 12.1 Å². The zero-order valence-electron chi connectivity index (χ0n) is 8.25. The van der Waals surface area contributed by atoms with Gasteiger partial charge in [0.2, 0.25) is 5.91 Å². The summed E-state index contributed by atoms with van der Waals surface area (Å²) in [6.07, 6.45) is 2.26. The van der Waals surface area contributed by atoms with Crippen LogP contribution in [-0.4, -0.2) is 35.5 Å². The number of thioether (sulfide) groups is 1. The molecule has 1 unspecified atom stereocenters. The van der Waals surface area contributed by atoms with Gasteiger partial charge in [-0.15, -0.1) is 0 Å². The molecule has 2 aliphatic rings. The van der Waals surface area contributed by atoms with Crippen LogP contribution < -0.4 is 10.6 Å². The lowest BCUT2D eigenvalue weighted by Gasteiger charge is -2.02. The number of nitrogens with zero attached hydrogens (tertiary/aromatic N) is 1. The zero-order chi connectivity index (χ0) is 9.97. The SMILES string of the molecule is CC1CSC(=NCC(=O)NC2CC2)N1. The highest BCUT2D eigenvalue weighted by Gasteiger charge is 2.23.